The number of carbonyl (C=O) groups is 1. The van der Waals surface area contributed by atoms with Crippen molar-refractivity contribution in [1.29, 1.82) is 0 Å². The van der Waals surface area contributed by atoms with E-state index in [1.165, 1.54) is 9.87 Å². The van der Waals surface area contributed by atoms with Crippen LogP contribution in [0.15, 0.2) is 23.1 Å². The Morgan fingerprint density at radius 3 is 2.58 bits per heavy atom. The van der Waals surface area contributed by atoms with Gasteiger partial charge in [0, 0.05) is 13.1 Å². The Balaban J connectivity index is 1.84. The van der Waals surface area contributed by atoms with Gasteiger partial charge < -0.3 is 5.11 Å². The molecule has 0 spiro atoms. The summed E-state index contributed by atoms with van der Waals surface area (Å²) in [6.07, 6.45) is 3.01. The molecular formula is C13H15NO4S. The lowest BCUT2D eigenvalue weighted by Gasteiger charge is -2.35. The Labute approximate surface area is 111 Å². The first-order valence-electron chi connectivity index (χ1n) is 6.33. The Morgan fingerprint density at radius 2 is 1.89 bits per heavy atom. The largest absolute Gasteiger partial charge is 0.481 e. The van der Waals surface area contributed by atoms with Crippen LogP contribution in [0.2, 0.25) is 0 Å². The predicted molar refractivity (Wildman–Crippen MR) is 68.4 cm³/mol. The molecule has 1 aromatic carbocycles. The molecule has 19 heavy (non-hydrogen) atoms. The van der Waals surface area contributed by atoms with E-state index in [0.29, 0.717) is 0 Å². The summed E-state index contributed by atoms with van der Waals surface area (Å²) in [5.41, 5.74) is 2.34. The summed E-state index contributed by atoms with van der Waals surface area (Å²) in [6.45, 7) is 0.156. The molecule has 1 aliphatic carbocycles. The minimum absolute atomic E-state index is 0.0781. The molecule has 6 heteroatoms. The van der Waals surface area contributed by atoms with Gasteiger partial charge in [-0.2, -0.15) is 4.31 Å². The monoisotopic (exact) mass is 281 g/mol. The second kappa shape index (κ2) is 4.31. The van der Waals surface area contributed by atoms with Gasteiger partial charge >= 0.3 is 5.97 Å². The third-order valence-corrected chi connectivity index (χ3v) is 5.73. The minimum atomic E-state index is -3.52. The number of carboxylic acids is 1. The highest BCUT2D eigenvalue weighted by Crippen LogP contribution is 2.29. The lowest BCUT2D eigenvalue weighted by Crippen LogP contribution is -2.52. The molecule has 1 heterocycles. The lowest BCUT2D eigenvalue weighted by molar-refractivity contribution is -0.145. The van der Waals surface area contributed by atoms with Crippen molar-refractivity contribution in [3.63, 3.8) is 0 Å². The molecule has 0 amide bonds. The van der Waals surface area contributed by atoms with Crippen molar-refractivity contribution in [2.24, 2.45) is 5.92 Å². The first-order chi connectivity index (χ1) is 8.98. The molecule has 1 aliphatic heterocycles. The van der Waals surface area contributed by atoms with E-state index >= 15 is 0 Å². The fraction of sp³-hybridized carbons (Fsp3) is 0.462. The maximum absolute atomic E-state index is 12.3. The molecule has 0 unspecified atom stereocenters. The second-order valence-electron chi connectivity index (χ2n) is 5.14. The fourth-order valence-electron chi connectivity index (χ4n) is 2.65. The zero-order valence-corrected chi connectivity index (χ0v) is 11.2. The van der Waals surface area contributed by atoms with Gasteiger partial charge in [0.25, 0.3) is 0 Å². The Kier molecular flexibility index (Phi) is 2.87. The molecule has 1 fully saturated rings. The molecule has 5 nitrogen and oxygen atoms in total. The molecule has 1 aromatic rings. The Bertz CT molecular complexity index is 632. The van der Waals surface area contributed by atoms with Crippen molar-refractivity contribution in [1.82, 2.24) is 4.31 Å². The van der Waals surface area contributed by atoms with Gasteiger partial charge in [0.05, 0.1) is 10.8 Å². The molecular weight excluding hydrogens is 266 g/mol. The van der Waals surface area contributed by atoms with Crippen LogP contribution in [-0.2, 0) is 27.7 Å². The SMILES string of the molecule is O=C(O)C1CN(S(=O)(=O)c2ccc3c(c2)CCC3)C1. The van der Waals surface area contributed by atoms with Crippen molar-refractivity contribution < 1.29 is 18.3 Å². The molecule has 0 radical (unpaired) electrons. The number of aryl methyl sites for hydroxylation is 2. The van der Waals surface area contributed by atoms with E-state index in [2.05, 4.69) is 0 Å². The van der Waals surface area contributed by atoms with Crippen LogP contribution in [0.25, 0.3) is 0 Å². The normalized spacial score (nSPS) is 20.0. The van der Waals surface area contributed by atoms with Crippen LogP contribution in [0, 0.1) is 5.92 Å². The van der Waals surface area contributed by atoms with Gasteiger partial charge in [0.2, 0.25) is 10.0 Å². The van der Waals surface area contributed by atoms with Gasteiger partial charge in [-0.25, -0.2) is 8.42 Å². The van der Waals surface area contributed by atoms with Gasteiger partial charge in [-0.3, -0.25) is 4.79 Å². The summed E-state index contributed by atoms with van der Waals surface area (Å²) >= 11 is 0. The average molecular weight is 281 g/mol. The molecule has 102 valence electrons. The molecule has 0 saturated carbocycles. The van der Waals surface area contributed by atoms with Crippen LogP contribution in [-0.4, -0.2) is 36.9 Å². The van der Waals surface area contributed by atoms with E-state index in [9.17, 15) is 13.2 Å². The molecule has 1 N–H and O–H groups in total. The zero-order valence-electron chi connectivity index (χ0n) is 10.4. The van der Waals surface area contributed by atoms with Crippen molar-refractivity contribution in [2.75, 3.05) is 13.1 Å². The van der Waals surface area contributed by atoms with Crippen LogP contribution < -0.4 is 0 Å². The third kappa shape index (κ3) is 2.04. The number of carboxylic acid groups (broad SMARTS) is 1. The molecule has 0 aromatic heterocycles. The Morgan fingerprint density at radius 1 is 1.21 bits per heavy atom. The van der Waals surface area contributed by atoms with Crippen LogP contribution in [0.1, 0.15) is 17.5 Å². The number of fused-ring (bicyclic) bond motifs is 1. The summed E-state index contributed by atoms with van der Waals surface area (Å²) in [5, 5.41) is 8.79. The van der Waals surface area contributed by atoms with Gasteiger partial charge in [-0.1, -0.05) is 6.07 Å². The van der Waals surface area contributed by atoms with Gasteiger partial charge in [-0.15, -0.1) is 0 Å². The van der Waals surface area contributed by atoms with Gasteiger partial charge in [0.15, 0.2) is 0 Å². The maximum atomic E-state index is 12.3. The number of benzene rings is 1. The number of aliphatic carboxylic acids is 1. The molecule has 1 saturated heterocycles. The summed E-state index contributed by atoms with van der Waals surface area (Å²) in [4.78, 5) is 11.0. The molecule has 0 bridgehead atoms. The summed E-state index contributed by atoms with van der Waals surface area (Å²) in [7, 11) is -3.52. The van der Waals surface area contributed by atoms with E-state index in [4.69, 9.17) is 5.11 Å². The third-order valence-electron chi connectivity index (χ3n) is 3.91. The highest BCUT2D eigenvalue weighted by atomic mass is 32.2. The van der Waals surface area contributed by atoms with E-state index in [1.807, 2.05) is 6.07 Å². The van der Waals surface area contributed by atoms with Crippen LogP contribution >= 0.6 is 0 Å². The van der Waals surface area contributed by atoms with Crippen LogP contribution in [0.4, 0.5) is 0 Å². The number of sulfonamides is 1. The first kappa shape index (κ1) is 12.6. The zero-order chi connectivity index (χ0) is 13.6. The average Bonchev–Trinajstić information content (AvgIpc) is 2.72. The van der Waals surface area contributed by atoms with E-state index in [1.54, 1.807) is 12.1 Å². The van der Waals surface area contributed by atoms with E-state index in [-0.39, 0.29) is 18.0 Å². The van der Waals surface area contributed by atoms with E-state index in [0.717, 1.165) is 24.8 Å². The highest BCUT2D eigenvalue weighted by Gasteiger charge is 2.40. The molecule has 0 atom stereocenters. The van der Waals surface area contributed by atoms with Crippen molar-refractivity contribution >= 4 is 16.0 Å². The minimum Gasteiger partial charge on any atom is -0.481 e. The van der Waals surface area contributed by atoms with Crippen molar-refractivity contribution in [2.45, 2.75) is 24.2 Å². The molecule has 3 rings (SSSR count). The number of rotatable bonds is 3. The number of nitrogens with zero attached hydrogens (tertiary/aromatic N) is 1. The second-order valence-corrected chi connectivity index (χ2v) is 7.08. The number of hydrogen-bond acceptors (Lipinski definition) is 3. The first-order valence-corrected chi connectivity index (χ1v) is 7.77. The van der Waals surface area contributed by atoms with Crippen LogP contribution in [0.3, 0.4) is 0 Å². The lowest BCUT2D eigenvalue weighted by atomic mass is 10.0. The number of hydrogen-bond donors (Lipinski definition) is 1. The van der Waals surface area contributed by atoms with Crippen molar-refractivity contribution in [3.8, 4) is 0 Å². The Hall–Kier alpha value is -1.40. The van der Waals surface area contributed by atoms with Gasteiger partial charge in [-0.05, 0) is 42.5 Å². The molecule has 2 aliphatic rings. The topological polar surface area (TPSA) is 74.7 Å². The van der Waals surface area contributed by atoms with Gasteiger partial charge in [0.1, 0.15) is 0 Å². The summed E-state index contributed by atoms with van der Waals surface area (Å²) in [5.74, 6) is -1.50. The summed E-state index contributed by atoms with van der Waals surface area (Å²) in [6, 6.07) is 5.25. The summed E-state index contributed by atoms with van der Waals surface area (Å²) < 4.78 is 25.9. The predicted octanol–water partition coefficient (Wildman–Crippen LogP) is 0.880. The smallest absolute Gasteiger partial charge is 0.309 e. The van der Waals surface area contributed by atoms with Crippen LogP contribution in [0.5, 0.6) is 0 Å². The maximum Gasteiger partial charge on any atom is 0.309 e. The standard InChI is InChI=1S/C13H15NO4S/c15-13(16)11-7-14(8-11)19(17,18)12-5-4-9-2-1-3-10(9)6-12/h4-6,11H,1-3,7-8H2,(H,15,16). The quantitative estimate of drug-likeness (QED) is 0.892. The van der Waals surface area contributed by atoms with E-state index < -0.39 is 21.9 Å². The highest BCUT2D eigenvalue weighted by molar-refractivity contribution is 7.89. The fourth-order valence-corrected chi connectivity index (χ4v) is 4.23. The van der Waals surface area contributed by atoms with Crippen molar-refractivity contribution in [3.05, 3.63) is 29.3 Å².